The van der Waals surface area contributed by atoms with Crippen LogP contribution in [0.3, 0.4) is 0 Å². The van der Waals surface area contributed by atoms with Gasteiger partial charge in [-0.1, -0.05) is 24.6 Å². The molecule has 4 nitrogen and oxygen atoms in total. The van der Waals surface area contributed by atoms with Crippen molar-refractivity contribution in [2.45, 2.75) is 37.9 Å². The van der Waals surface area contributed by atoms with Gasteiger partial charge in [-0.15, -0.1) is 0 Å². The summed E-state index contributed by atoms with van der Waals surface area (Å²) < 4.78 is 5.65. The van der Waals surface area contributed by atoms with Crippen LogP contribution in [-0.4, -0.2) is 36.8 Å². The summed E-state index contributed by atoms with van der Waals surface area (Å²) in [5.74, 6) is 0.684. The third-order valence-corrected chi connectivity index (χ3v) is 5.25. The molecule has 1 saturated heterocycles. The second-order valence-electron chi connectivity index (χ2n) is 6.75. The first kappa shape index (κ1) is 15.1. The van der Waals surface area contributed by atoms with E-state index < -0.39 is 0 Å². The van der Waals surface area contributed by atoms with Gasteiger partial charge < -0.3 is 15.4 Å². The largest absolute Gasteiger partial charge is 0.379 e. The minimum absolute atomic E-state index is 0.512. The Balaban J connectivity index is 1.40. The third-order valence-electron chi connectivity index (χ3n) is 5.25. The highest BCUT2D eigenvalue weighted by atomic mass is 16.5. The van der Waals surface area contributed by atoms with Crippen LogP contribution in [0.4, 0.5) is 0 Å². The summed E-state index contributed by atoms with van der Waals surface area (Å²) in [6, 6.07) is 11.7. The quantitative estimate of drug-likeness (QED) is 0.911. The van der Waals surface area contributed by atoms with Crippen LogP contribution in [0.25, 0.3) is 10.9 Å². The molecule has 122 valence electrons. The van der Waals surface area contributed by atoms with E-state index in [-0.39, 0.29) is 0 Å². The summed E-state index contributed by atoms with van der Waals surface area (Å²) in [5.41, 5.74) is 2.33. The van der Waals surface area contributed by atoms with Crippen LogP contribution in [0.5, 0.6) is 0 Å². The number of aromatic nitrogens is 1. The van der Waals surface area contributed by atoms with Crippen molar-refractivity contribution in [1.29, 1.82) is 0 Å². The minimum atomic E-state index is 0.512. The van der Waals surface area contributed by atoms with Crippen LogP contribution in [0.15, 0.2) is 36.5 Å². The van der Waals surface area contributed by atoms with E-state index >= 15 is 0 Å². The lowest BCUT2D eigenvalue weighted by molar-refractivity contribution is 0.0524. The van der Waals surface area contributed by atoms with Crippen LogP contribution < -0.4 is 10.6 Å². The number of fused-ring (bicyclic) bond motifs is 1. The van der Waals surface area contributed by atoms with Crippen molar-refractivity contribution in [2.24, 2.45) is 5.92 Å². The molecule has 4 heteroatoms. The number of hydrogen-bond donors (Lipinski definition) is 2. The molecule has 3 atom stereocenters. The van der Waals surface area contributed by atoms with Gasteiger partial charge in [0.2, 0.25) is 0 Å². The molecule has 1 aromatic heterocycles. The molecule has 2 aromatic rings. The van der Waals surface area contributed by atoms with E-state index in [0.29, 0.717) is 18.0 Å². The van der Waals surface area contributed by atoms with E-state index in [9.17, 15) is 0 Å². The fourth-order valence-electron chi connectivity index (χ4n) is 4.05. The molecule has 4 rings (SSSR count). The van der Waals surface area contributed by atoms with Gasteiger partial charge in [-0.2, -0.15) is 0 Å². The number of benzene rings is 1. The molecule has 1 aliphatic heterocycles. The van der Waals surface area contributed by atoms with E-state index in [2.05, 4.69) is 39.9 Å². The average Bonchev–Trinajstić information content (AvgIpc) is 3.09. The highest BCUT2D eigenvalue weighted by Crippen LogP contribution is 2.29. The molecule has 0 spiro atoms. The van der Waals surface area contributed by atoms with Crippen LogP contribution in [0.2, 0.25) is 0 Å². The van der Waals surface area contributed by atoms with Gasteiger partial charge in [-0.05, 0) is 36.5 Å². The number of morpholine rings is 1. The molecule has 1 saturated carbocycles. The van der Waals surface area contributed by atoms with Crippen LogP contribution in [0.1, 0.15) is 24.8 Å². The molecule has 2 aliphatic rings. The summed E-state index contributed by atoms with van der Waals surface area (Å²) in [5, 5.41) is 8.63. The summed E-state index contributed by atoms with van der Waals surface area (Å²) >= 11 is 0. The molecule has 23 heavy (non-hydrogen) atoms. The van der Waals surface area contributed by atoms with Gasteiger partial charge in [0.1, 0.15) is 0 Å². The van der Waals surface area contributed by atoms with Crippen LogP contribution in [0, 0.1) is 5.92 Å². The van der Waals surface area contributed by atoms with E-state index in [1.54, 1.807) is 0 Å². The molecule has 2 heterocycles. The lowest BCUT2D eigenvalue weighted by Gasteiger charge is -2.33. The second-order valence-corrected chi connectivity index (χ2v) is 6.75. The van der Waals surface area contributed by atoms with Gasteiger partial charge in [0.15, 0.2) is 0 Å². The topological polar surface area (TPSA) is 46.2 Å². The van der Waals surface area contributed by atoms with Crippen molar-refractivity contribution >= 4 is 10.9 Å². The first-order chi connectivity index (χ1) is 11.4. The van der Waals surface area contributed by atoms with Crippen molar-refractivity contribution in [3.8, 4) is 0 Å². The molecular weight excluding hydrogens is 286 g/mol. The normalized spacial score (nSPS) is 28.3. The molecule has 0 radical (unpaired) electrons. The lowest BCUT2D eigenvalue weighted by Crippen LogP contribution is -2.50. The standard InChI is InChI=1S/C19H25N3O/c1-2-6-17-15(4-1)10-14(11-21-17)12-22-18-7-3-5-16(18)19-13-23-9-8-20-19/h1-2,4,6,10-11,16,18-20,22H,3,5,7-9,12-13H2. The number of hydrogen-bond acceptors (Lipinski definition) is 4. The third kappa shape index (κ3) is 3.39. The molecule has 2 fully saturated rings. The first-order valence-electron chi connectivity index (χ1n) is 8.78. The molecular formula is C19H25N3O. The zero-order chi connectivity index (χ0) is 15.5. The number of para-hydroxylation sites is 1. The number of pyridine rings is 1. The van der Waals surface area contributed by atoms with E-state index in [1.165, 1.54) is 30.2 Å². The van der Waals surface area contributed by atoms with Crippen molar-refractivity contribution in [3.63, 3.8) is 0 Å². The minimum Gasteiger partial charge on any atom is -0.379 e. The SMILES string of the molecule is c1ccc2ncc(CNC3CCCC3C3COCCN3)cc2c1. The lowest BCUT2D eigenvalue weighted by atomic mass is 9.94. The molecule has 0 bridgehead atoms. The first-order valence-corrected chi connectivity index (χ1v) is 8.78. The molecule has 3 unspecified atom stereocenters. The van der Waals surface area contributed by atoms with E-state index in [0.717, 1.165) is 31.8 Å². The maximum Gasteiger partial charge on any atom is 0.0702 e. The molecule has 1 aliphatic carbocycles. The van der Waals surface area contributed by atoms with Crippen LogP contribution in [-0.2, 0) is 11.3 Å². The van der Waals surface area contributed by atoms with E-state index in [1.807, 2.05) is 12.3 Å². The van der Waals surface area contributed by atoms with Gasteiger partial charge >= 0.3 is 0 Å². The van der Waals surface area contributed by atoms with Crippen molar-refractivity contribution < 1.29 is 4.74 Å². The molecule has 0 amide bonds. The summed E-state index contributed by atoms with van der Waals surface area (Å²) in [6.07, 6.45) is 5.89. The van der Waals surface area contributed by atoms with Gasteiger partial charge in [0, 0.05) is 36.8 Å². The zero-order valence-corrected chi connectivity index (χ0v) is 13.5. The maximum absolute atomic E-state index is 5.65. The summed E-state index contributed by atoms with van der Waals surface area (Å²) in [4.78, 5) is 4.56. The average molecular weight is 311 g/mol. The number of nitrogens with one attached hydrogen (secondary N) is 2. The van der Waals surface area contributed by atoms with Crippen LogP contribution >= 0.6 is 0 Å². The Morgan fingerprint density at radius 3 is 3.13 bits per heavy atom. The predicted molar refractivity (Wildman–Crippen MR) is 92.3 cm³/mol. The Morgan fingerprint density at radius 2 is 2.22 bits per heavy atom. The number of rotatable bonds is 4. The fraction of sp³-hybridized carbons (Fsp3) is 0.526. The van der Waals surface area contributed by atoms with Gasteiger partial charge in [0.25, 0.3) is 0 Å². The predicted octanol–water partition coefficient (Wildman–Crippen LogP) is 2.48. The van der Waals surface area contributed by atoms with E-state index in [4.69, 9.17) is 4.74 Å². The van der Waals surface area contributed by atoms with Crippen molar-refractivity contribution in [1.82, 2.24) is 15.6 Å². The van der Waals surface area contributed by atoms with Crippen molar-refractivity contribution in [2.75, 3.05) is 19.8 Å². The van der Waals surface area contributed by atoms with Gasteiger partial charge in [-0.3, -0.25) is 4.98 Å². The van der Waals surface area contributed by atoms with Crippen molar-refractivity contribution in [3.05, 3.63) is 42.1 Å². The Labute approximate surface area is 137 Å². The highest BCUT2D eigenvalue weighted by molar-refractivity contribution is 5.78. The maximum atomic E-state index is 5.65. The Kier molecular flexibility index (Phi) is 4.55. The monoisotopic (exact) mass is 311 g/mol. The Bertz CT molecular complexity index is 654. The smallest absolute Gasteiger partial charge is 0.0702 e. The highest BCUT2D eigenvalue weighted by Gasteiger charge is 2.34. The van der Waals surface area contributed by atoms with Gasteiger partial charge in [-0.25, -0.2) is 0 Å². The Morgan fingerprint density at radius 1 is 1.26 bits per heavy atom. The molecule has 2 N–H and O–H groups in total. The number of nitrogens with zero attached hydrogens (tertiary/aromatic N) is 1. The second kappa shape index (κ2) is 6.95. The number of ether oxygens (including phenoxy) is 1. The summed E-state index contributed by atoms with van der Waals surface area (Å²) in [6.45, 7) is 3.60. The summed E-state index contributed by atoms with van der Waals surface area (Å²) in [7, 11) is 0. The zero-order valence-electron chi connectivity index (χ0n) is 13.5. The fourth-order valence-corrected chi connectivity index (χ4v) is 4.05. The van der Waals surface area contributed by atoms with Gasteiger partial charge in [0.05, 0.1) is 18.7 Å². The molecule has 1 aromatic carbocycles. The Hall–Kier alpha value is -1.49.